The van der Waals surface area contributed by atoms with Gasteiger partial charge in [0, 0.05) is 19.1 Å². The van der Waals surface area contributed by atoms with Crippen molar-refractivity contribution in [3.8, 4) is 0 Å². The molecule has 1 amide bonds. The lowest BCUT2D eigenvalue weighted by Gasteiger charge is -2.29. The number of nitrogens with zero attached hydrogens (tertiary/aromatic N) is 2. The van der Waals surface area contributed by atoms with Crippen LogP contribution < -0.4 is 5.32 Å². The zero-order valence-corrected chi connectivity index (χ0v) is 12.8. The molecule has 1 atom stereocenters. The Bertz CT molecular complexity index is 479. The number of aromatic nitrogens is 1. The van der Waals surface area contributed by atoms with E-state index in [4.69, 9.17) is 0 Å². The Hall–Kier alpha value is -1.58. The quantitative estimate of drug-likeness (QED) is 0.924. The van der Waals surface area contributed by atoms with E-state index >= 15 is 0 Å². The summed E-state index contributed by atoms with van der Waals surface area (Å²) in [6, 6.07) is 4.25. The van der Waals surface area contributed by atoms with Gasteiger partial charge in [0.15, 0.2) is 0 Å². The van der Waals surface area contributed by atoms with Crippen molar-refractivity contribution in [1.29, 1.82) is 0 Å². The number of anilines is 1. The van der Waals surface area contributed by atoms with Gasteiger partial charge in [-0.05, 0) is 50.7 Å². The van der Waals surface area contributed by atoms with Gasteiger partial charge in [-0.3, -0.25) is 4.79 Å². The van der Waals surface area contributed by atoms with Crippen LogP contribution in [0.2, 0.25) is 0 Å². The molecular formula is C17H25N3O. The molecule has 1 aromatic heterocycles. The van der Waals surface area contributed by atoms with Crippen LogP contribution in [0.3, 0.4) is 0 Å². The van der Waals surface area contributed by atoms with E-state index in [1.807, 2.05) is 12.1 Å². The first-order valence-corrected chi connectivity index (χ1v) is 8.30. The number of amides is 1. The molecule has 1 aliphatic carbocycles. The SMILES string of the molecule is CCNc1ccc(C(=O)N2CCCC2C2CCCC2)nc1. The molecule has 1 aromatic rings. The molecule has 2 heterocycles. The van der Waals surface area contributed by atoms with Crippen molar-refractivity contribution in [2.24, 2.45) is 5.92 Å². The fraction of sp³-hybridized carbons (Fsp3) is 0.647. The predicted molar refractivity (Wildman–Crippen MR) is 84.4 cm³/mol. The van der Waals surface area contributed by atoms with Gasteiger partial charge in [0.05, 0.1) is 11.9 Å². The molecular weight excluding hydrogens is 262 g/mol. The maximum atomic E-state index is 12.7. The minimum Gasteiger partial charge on any atom is -0.384 e. The monoisotopic (exact) mass is 287 g/mol. The summed E-state index contributed by atoms with van der Waals surface area (Å²) in [7, 11) is 0. The van der Waals surface area contributed by atoms with Gasteiger partial charge in [-0.2, -0.15) is 0 Å². The second-order valence-corrected chi connectivity index (χ2v) is 6.22. The maximum absolute atomic E-state index is 12.7. The molecule has 1 aliphatic heterocycles. The first-order chi connectivity index (χ1) is 10.3. The van der Waals surface area contributed by atoms with Crippen LogP contribution in [0.25, 0.3) is 0 Å². The van der Waals surface area contributed by atoms with E-state index in [0.717, 1.165) is 31.1 Å². The van der Waals surface area contributed by atoms with Crippen molar-refractivity contribution in [3.63, 3.8) is 0 Å². The Morgan fingerprint density at radius 2 is 2.10 bits per heavy atom. The van der Waals surface area contributed by atoms with Gasteiger partial charge in [0.2, 0.25) is 0 Å². The third-order valence-electron chi connectivity index (χ3n) is 4.87. The van der Waals surface area contributed by atoms with Crippen LogP contribution in [-0.4, -0.2) is 34.9 Å². The highest BCUT2D eigenvalue weighted by Crippen LogP contribution is 2.35. The van der Waals surface area contributed by atoms with Crippen molar-refractivity contribution in [2.45, 2.75) is 51.5 Å². The summed E-state index contributed by atoms with van der Waals surface area (Å²) in [5, 5.41) is 3.21. The van der Waals surface area contributed by atoms with Gasteiger partial charge >= 0.3 is 0 Å². The van der Waals surface area contributed by atoms with Crippen LogP contribution in [0.5, 0.6) is 0 Å². The zero-order chi connectivity index (χ0) is 14.7. The number of carbonyl (C=O) groups is 1. The lowest BCUT2D eigenvalue weighted by molar-refractivity contribution is 0.0683. The summed E-state index contributed by atoms with van der Waals surface area (Å²) >= 11 is 0. The van der Waals surface area contributed by atoms with E-state index in [9.17, 15) is 4.79 Å². The van der Waals surface area contributed by atoms with Crippen LogP contribution in [0.1, 0.15) is 55.9 Å². The molecule has 0 radical (unpaired) electrons. The molecule has 4 nitrogen and oxygen atoms in total. The second-order valence-electron chi connectivity index (χ2n) is 6.22. The van der Waals surface area contributed by atoms with Gasteiger partial charge < -0.3 is 10.2 Å². The standard InChI is InChI=1S/C17H25N3O/c1-2-18-14-9-10-15(19-12-14)17(21)20-11-5-8-16(20)13-6-3-4-7-13/h9-10,12-13,16,18H,2-8,11H2,1H3. The lowest BCUT2D eigenvalue weighted by Crippen LogP contribution is -2.39. The Morgan fingerprint density at radius 3 is 2.76 bits per heavy atom. The summed E-state index contributed by atoms with van der Waals surface area (Å²) in [5.74, 6) is 0.838. The summed E-state index contributed by atoms with van der Waals surface area (Å²) in [4.78, 5) is 19.2. The molecule has 4 heteroatoms. The van der Waals surface area contributed by atoms with Crippen LogP contribution in [0.4, 0.5) is 5.69 Å². The molecule has 0 spiro atoms. The van der Waals surface area contributed by atoms with Gasteiger partial charge in [-0.25, -0.2) is 4.98 Å². The lowest BCUT2D eigenvalue weighted by atomic mass is 9.96. The van der Waals surface area contributed by atoms with E-state index in [1.54, 1.807) is 6.20 Å². The fourth-order valence-corrected chi connectivity index (χ4v) is 3.85. The highest BCUT2D eigenvalue weighted by Gasteiger charge is 2.36. The minimum atomic E-state index is 0.118. The van der Waals surface area contributed by atoms with E-state index in [1.165, 1.54) is 32.1 Å². The topological polar surface area (TPSA) is 45.2 Å². The van der Waals surface area contributed by atoms with Crippen molar-refractivity contribution in [1.82, 2.24) is 9.88 Å². The van der Waals surface area contributed by atoms with Crippen molar-refractivity contribution in [3.05, 3.63) is 24.0 Å². The third-order valence-corrected chi connectivity index (χ3v) is 4.87. The molecule has 1 saturated carbocycles. The smallest absolute Gasteiger partial charge is 0.272 e. The predicted octanol–water partition coefficient (Wildman–Crippen LogP) is 3.31. The highest BCUT2D eigenvalue weighted by atomic mass is 16.2. The first-order valence-electron chi connectivity index (χ1n) is 8.30. The molecule has 3 rings (SSSR count). The summed E-state index contributed by atoms with van der Waals surface area (Å²) in [6.45, 7) is 3.82. The van der Waals surface area contributed by atoms with Gasteiger partial charge in [0.25, 0.3) is 5.91 Å². The highest BCUT2D eigenvalue weighted by molar-refractivity contribution is 5.93. The Morgan fingerprint density at radius 1 is 1.29 bits per heavy atom. The van der Waals surface area contributed by atoms with Crippen molar-refractivity contribution >= 4 is 11.6 Å². The van der Waals surface area contributed by atoms with E-state index in [-0.39, 0.29) is 5.91 Å². The molecule has 1 N–H and O–H groups in total. The second kappa shape index (κ2) is 6.46. The number of rotatable bonds is 4. The Labute approximate surface area is 126 Å². The van der Waals surface area contributed by atoms with Crippen LogP contribution in [0.15, 0.2) is 18.3 Å². The first kappa shape index (κ1) is 14.4. The van der Waals surface area contributed by atoms with Crippen LogP contribution >= 0.6 is 0 Å². The number of hydrogen-bond donors (Lipinski definition) is 1. The molecule has 2 fully saturated rings. The van der Waals surface area contributed by atoms with Gasteiger partial charge in [0.1, 0.15) is 5.69 Å². The summed E-state index contributed by atoms with van der Waals surface area (Å²) in [6.07, 6.45) is 9.33. The third kappa shape index (κ3) is 3.04. The molecule has 114 valence electrons. The maximum Gasteiger partial charge on any atom is 0.272 e. The number of nitrogens with one attached hydrogen (secondary N) is 1. The van der Waals surface area contributed by atoms with Crippen molar-refractivity contribution in [2.75, 3.05) is 18.4 Å². The zero-order valence-electron chi connectivity index (χ0n) is 12.8. The normalized spacial score (nSPS) is 22.7. The largest absolute Gasteiger partial charge is 0.384 e. The Balaban J connectivity index is 1.71. The summed E-state index contributed by atoms with van der Waals surface area (Å²) in [5.41, 5.74) is 1.56. The average molecular weight is 287 g/mol. The molecule has 0 aromatic carbocycles. The number of hydrogen-bond acceptors (Lipinski definition) is 3. The van der Waals surface area contributed by atoms with Crippen molar-refractivity contribution < 1.29 is 4.79 Å². The minimum absolute atomic E-state index is 0.118. The molecule has 21 heavy (non-hydrogen) atoms. The number of carbonyl (C=O) groups excluding carboxylic acids is 1. The molecule has 1 unspecified atom stereocenters. The Kier molecular flexibility index (Phi) is 4.42. The molecule has 1 saturated heterocycles. The fourth-order valence-electron chi connectivity index (χ4n) is 3.85. The molecule has 0 bridgehead atoms. The molecule has 2 aliphatic rings. The van der Waals surface area contributed by atoms with Crippen LogP contribution in [-0.2, 0) is 0 Å². The summed E-state index contributed by atoms with van der Waals surface area (Å²) < 4.78 is 0. The van der Waals surface area contributed by atoms with Crippen LogP contribution in [0, 0.1) is 5.92 Å². The van der Waals surface area contributed by atoms with E-state index in [2.05, 4.69) is 22.1 Å². The number of pyridine rings is 1. The number of likely N-dealkylation sites (tertiary alicyclic amines) is 1. The van der Waals surface area contributed by atoms with E-state index < -0.39 is 0 Å². The van der Waals surface area contributed by atoms with Gasteiger partial charge in [-0.1, -0.05) is 12.8 Å². The van der Waals surface area contributed by atoms with E-state index in [0.29, 0.717) is 11.7 Å². The average Bonchev–Trinajstić information content (AvgIpc) is 3.18. The van der Waals surface area contributed by atoms with Gasteiger partial charge in [-0.15, -0.1) is 0 Å².